The van der Waals surface area contributed by atoms with Crippen LogP contribution >= 0.6 is 0 Å². The molecule has 7 aromatic rings. The van der Waals surface area contributed by atoms with Crippen molar-refractivity contribution in [3.8, 4) is 22.3 Å². The van der Waals surface area contributed by atoms with E-state index in [1.165, 1.54) is 72.3 Å². The number of hydrogen-bond acceptors (Lipinski definition) is 1. The Morgan fingerprint density at radius 3 is 1.94 bits per heavy atom. The Morgan fingerprint density at radius 2 is 1.15 bits per heavy atom. The van der Waals surface area contributed by atoms with Gasteiger partial charge in [-0.15, -0.1) is 0 Å². The fraction of sp³-hybridized carbons (Fsp3) is 0.0400. The molecule has 2 heteroatoms. The van der Waals surface area contributed by atoms with Gasteiger partial charge in [-0.1, -0.05) is 181 Å². The van der Waals surface area contributed by atoms with Gasteiger partial charge in [0.2, 0.25) is 0 Å². The van der Waals surface area contributed by atoms with E-state index in [9.17, 15) is 0 Å². The number of anilines is 3. The second-order valence-corrected chi connectivity index (χ2v) is 13.8. The summed E-state index contributed by atoms with van der Waals surface area (Å²) in [4.78, 5) is 2.47. The van der Waals surface area contributed by atoms with E-state index < -0.39 is 5.41 Å². The highest BCUT2D eigenvalue weighted by Crippen LogP contribution is 2.57. The Bertz CT molecular complexity index is 2520. The van der Waals surface area contributed by atoms with Crippen molar-refractivity contribution in [1.29, 1.82) is 0 Å². The normalized spacial score (nSPS) is 14.3. The zero-order chi connectivity index (χ0) is 34.5. The van der Waals surface area contributed by atoms with E-state index in [1.54, 1.807) is 0 Å². The Kier molecular flexibility index (Phi) is 7.28. The number of rotatable bonds is 6. The molecule has 3 aliphatic rings. The van der Waals surface area contributed by atoms with Crippen molar-refractivity contribution in [2.75, 3.05) is 4.90 Å². The topological polar surface area (TPSA) is 3.24 Å². The van der Waals surface area contributed by atoms with Gasteiger partial charge in [-0.05, 0) is 92.4 Å². The Hall–Kier alpha value is -6.38. The summed E-state index contributed by atoms with van der Waals surface area (Å²) >= 11 is 0. The van der Waals surface area contributed by atoms with Crippen LogP contribution in [0.15, 0.2) is 200 Å². The minimum Gasteiger partial charge on any atom is -0.311 e. The van der Waals surface area contributed by atoms with E-state index in [1.807, 2.05) is 0 Å². The molecule has 2 aliphatic carbocycles. The molecular formula is C50H35BN. The summed E-state index contributed by atoms with van der Waals surface area (Å²) in [6.07, 6.45) is 11.9. The lowest BCUT2D eigenvalue weighted by Crippen LogP contribution is -2.29. The number of hydrogen-bond donors (Lipinski definition) is 0. The second-order valence-electron chi connectivity index (χ2n) is 13.8. The van der Waals surface area contributed by atoms with Gasteiger partial charge < -0.3 is 4.90 Å². The largest absolute Gasteiger partial charge is 0.311 e. The number of nitrogens with zero attached hydrogens (tertiary/aromatic N) is 1. The van der Waals surface area contributed by atoms with Crippen molar-refractivity contribution < 1.29 is 0 Å². The predicted octanol–water partition coefficient (Wildman–Crippen LogP) is 11.1. The molecule has 0 saturated heterocycles. The molecule has 1 aliphatic heterocycles. The second kappa shape index (κ2) is 12.4. The molecule has 0 saturated carbocycles. The highest BCUT2D eigenvalue weighted by atomic mass is 15.1. The molecule has 52 heavy (non-hydrogen) atoms. The summed E-state index contributed by atoms with van der Waals surface area (Å²) in [5.74, 6) is 0. The lowest BCUT2D eigenvalue weighted by Gasteiger charge is -2.35. The van der Waals surface area contributed by atoms with Crippen LogP contribution in [-0.2, 0) is 5.41 Å². The van der Waals surface area contributed by atoms with Crippen molar-refractivity contribution in [2.45, 2.75) is 11.8 Å². The summed E-state index contributed by atoms with van der Waals surface area (Å²) < 4.78 is 0. The average Bonchev–Trinajstić information content (AvgIpc) is 3.59. The van der Waals surface area contributed by atoms with E-state index in [0.717, 1.165) is 17.8 Å². The fourth-order valence-corrected chi connectivity index (χ4v) is 8.75. The third kappa shape index (κ3) is 4.72. The molecule has 0 spiro atoms. The maximum absolute atomic E-state index is 2.47. The first-order valence-electron chi connectivity index (χ1n) is 18.2. The monoisotopic (exact) mass is 660 g/mol. The maximum Gasteiger partial charge on any atom is 0.195 e. The molecule has 0 unspecified atom stereocenters. The van der Waals surface area contributed by atoms with Crippen molar-refractivity contribution in [2.24, 2.45) is 0 Å². The van der Waals surface area contributed by atoms with Crippen molar-refractivity contribution in [3.05, 3.63) is 228 Å². The first kappa shape index (κ1) is 30.4. The summed E-state index contributed by atoms with van der Waals surface area (Å²) in [6.45, 7) is 0. The average molecular weight is 661 g/mol. The molecule has 0 atom stereocenters. The third-order valence-electron chi connectivity index (χ3n) is 11.0. The van der Waals surface area contributed by atoms with Gasteiger partial charge >= 0.3 is 0 Å². The van der Waals surface area contributed by atoms with Crippen LogP contribution in [0.1, 0.15) is 34.2 Å². The molecule has 0 fully saturated rings. The molecule has 0 bridgehead atoms. The quantitative estimate of drug-likeness (QED) is 0.161. The molecule has 7 aromatic carbocycles. The van der Waals surface area contributed by atoms with Gasteiger partial charge in [0.15, 0.2) is 7.28 Å². The molecule has 1 nitrogen and oxygen atoms in total. The van der Waals surface area contributed by atoms with Crippen LogP contribution in [0.4, 0.5) is 17.1 Å². The molecule has 10 rings (SSSR count). The molecule has 1 radical (unpaired) electrons. The van der Waals surface area contributed by atoms with Crippen LogP contribution in [0.5, 0.6) is 0 Å². The van der Waals surface area contributed by atoms with Crippen LogP contribution in [0.3, 0.4) is 0 Å². The predicted molar refractivity (Wildman–Crippen MR) is 220 cm³/mol. The van der Waals surface area contributed by atoms with Crippen molar-refractivity contribution in [3.63, 3.8) is 0 Å². The highest BCUT2D eigenvalue weighted by Gasteiger charge is 2.46. The van der Waals surface area contributed by atoms with Gasteiger partial charge in [0.1, 0.15) is 0 Å². The van der Waals surface area contributed by atoms with Crippen LogP contribution < -0.4 is 15.8 Å². The van der Waals surface area contributed by atoms with Gasteiger partial charge in [0.25, 0.3) is 0 Å². The Balaban J connectivity index is 1.21. The summed E-state index contributed by atoms with van der Waals surface area (Å²) in [6, 6.07) is 62.8. The summed E-state index contributed by atoms with van der Waals surface area (Å²) in [5, 5.41) is 0. The molecule has 0 N–H and O–H groups in total. The molecule has 1 heterocycles. The van der Waals surface area contributed by atoms with Crippen molar-refractivity contribution >= 4 is 40.8 Å². The summed E-state index contributed by atoms with van der Waals surface area (Å²) in [5.41, 5.74) is 18.2. The van der Waals surface area contributed by atoms with Crippen molar-refractivity contribution in [1.82, 2.24) is 0 Å². The number of benzene rings is 7. The van der Waals surface area contributed by atoms with E-state index >= 15 is 0 Å². The molecule has 243 valence electrons. The Labute approximate surface area is 306 Å². The minimum absolute atomic E-state index is 0.479. The summed E-state index contributed by atoms with van der Waals surface area (Å²) in [7, 11) is 2.36. The maximum atomic E-state index is 2.47. The van der Waals surface area contributed by atoms with Gasteiger partial charge in [-0.3, -0.25) is 0 Å². The Morgan fingerprint density at radius 1 is 0.500 bits per heavy atom. The zero-order valence-electron chi connectivity index (χ0n) is 28.8. The van der Waals surface area contributed by atoms with E-state index in [-0.39, 0.29) is 0 Å². The molecule has 0 aromatic heterocycles. The fourth-order valence-electron chi connectivity index (χ4n) is 8.75. The van der Waals surface area contributed by atoms with Gasteiger partial charge in [0, 0.05) is 17.1 Å². The standard InChI is InChI=1S/C50H35BN/c1-2-6-17-35(16-5-1)36-28-30-39(31-29-36)52(48-27-15-24-44-43-23-12-14-26-47(43)51-49(44)48)40-32-33-42-41-22-11-13-25-45(41)50(46(42)34-40,37-18-7-3-8-19-37)38-20-9-4-10-21-38/h1-5,7-34H,6H2. The van der Waals surface area contributed by atoms with Gasteiger partial charge in [0.05, 0.1) is 5.41 Å². The molecular weight excluding hydrogens is 625 g/mol. The first-order valence-corrected chi connectivity index (χ1v) is 18.2. The smallest absolute Gasteiger partial charge is 0.195 e. The van der Waals surface area contributed by atoms with E-state index in [2.05, 4.69) is 212 Å². The lowest BCUT2D eigenvalue weighted by atomic mass is 9.67. The van der Waals surface area contributed by atoms with Crippen LogP contribution in [0, 0.1) is 0 Å². The minimum atomic E-state index is -0.479. The van der Waals surface area contributed by atoms with Crippen LogP contribution in [0.25, 0.3) is 27.8 Å². The van der Waals surface area contributed by atoms with E-state index in [0.29, 0.717) is 0 Å². The van der Waals surface area contributed by atoms with Crippen LogP contribution in [0.2, 0.25) is 0 Å². The van der Waals surface area contributed by atoms with Gasteiger partial charge in [-0.25, -0.2) is 0 Å². The SMILES string of the molecule is [B]1c2ccccc2-c2cccc(N(c3ccc(C4=CCC=CC=C4)cc3)c3ccc4c(c3)C(c3ccccc3)(c3ccccc3)c3ccccc3-4)c21. The van der Waals surface area contributed by atoms with E-state index in [4.69, 9.17) is 0 Å². The third-order valence-corrected chi connectivity index (χ3v) is 11.0. The lowest BCUT2D eigenvalue weighted by molar-refractivity contribution is 0.768. The van der Waals surface area contributed by atoms with Crippen LogP contribution in [-0.4, -0.2) is 7.28 Å². The first-order chi connectivity index (χ1) is 25.8. The highest BCUT2D eigenvalue weighted by molar-refractivity contribution is 6.75. The number of allylic oxidation sites excluding steroid dienone is 6. The van der Waals surface area contributed by atoms with Gasteiger partial charge in [-0.2, -0.15) is 0 Å². The molecule has 0 amide bonds. The number of fused-ring (bicyclic) bond motifs is 6. The zero-order valence-corrected chi connectivity index (χ0v) is 28.8.